The quantitative estimate of drug-likeness (QED) is 0.193. The number of hydrogen-bond donors (Lipinski definition) is 0. The molecule has 2 rings (SSSR count). The van der Waals surface area contributed by atoms with Crippen molar-refractivity contribution in [3.63, 3.8) is 0 Å². The van der Waals surface area contributed by atoms with Gasteiger partial charge in [-0.2, -0.15) is 0 Å². The van der Waals surface area contributed by atoms with Crippen molar-refractivity contribution in [1.82, 2.24) is 0 Å². The molecule has 0 amide bonds. The van der Waals surface area contributed by atoms with E-state index in [0.29, 0.717) is 6.42 Å². The Morgan fingerprint density at radius 3 is 2.20 bits per heavy atom. The molecule has 2 heterocycles. The van der Waals surface area contributed by atoms with Gasteiger partial charge in [-0.3, -0.25) is 4.79 Å². The number of unbranched alkanes of at least 4 members (excludes halogenated alkanes) is 3. The molecule has 140 valence electrons. The summed E-state index contributed by atoms with van der Waals surface area (Å²) in [6, 6.07) is 0. The van der Waals surface area contributed by atoms with Crippen LogP contribution >= 0.6 is 0 Å². The average Bonchev–Trinajstić information content (AvgIpc) is 3.18. The summed E-state index contributed by atoms with van der Waals surface area (Å²) in [7, 11) is 0. The zero-order chi connectivity index (χ0) is 18.2. The van der Waals surface area contributed by atoms with Gasteiger partial charge in [-0.15, -0.1) is 0 Å². The highest BCUT2D eigenvalue weighted by atomic mass is 16.7. The van der Waals surface area contributed by atoms with E-state index >= 15 is 0 Å². The van der Waals surface area contributed by atoms with Gasteiger partial charge < -0.3 is 23.7 Å². The van der Waals surface area contributed by atoms with Crippen molar-refractivity contribution in [3.05, 3.63) is 0 Å². The molecule has 0 aliphatic carbocycles. The Kier molecular flexibility index (Phi) is 7.32. The van der Waals surface area contributed by atoms with Gasteiger partial charge in [-0.05, 0) is 6.42 Å². The van der Waals surface area contributed by atoms with Gasteiger partial charge in [-0.1, -0.05) is 26.2 Å². The summed E-state index contributed by atoms with van der Waals surface area (Å²) in [6.07, 6.45) is 0.904. The van der Waals surface area contributed by atoms with Crippen LogP contribution in [0.1, 0.15) is 32.6 Å². The zero-order valence-electron chi connectivity index (χ0n) is 14.0. The molecule has 2 unspecified atom stereocenters. The first-order valence-corrected chi connectivity index (χ1v) is 8.33. The lowest BCUT2D eigenvalue weighted by Crippen LogP contribution is -2.37. The summed E-state index contributed by atoms with van der Waals surface area (Å²) in [6.45, 7) is 2.25. The Hall–Kier alpha value is -2.00. The van der Waals surface area contributed by atoms with Crippen LogP contribution in [0.5, 0.6) is 0 Å². The van der Waals surface area contributed by atoms with E-state index in [1.54, 1.807) is 0 Å². The molecule has 9 heteroatoms. The molecule has 2 saturated heterocycles. The minimum absolute atomic E-state index is 0.00000685. The molecule has 2 aliphatic heterocycles. The van der Waals surface area contributed by atoms with Gasteiger partial charge in [0.2, 0.25) is 6.29 Å². The van der Waals surface area contributed by atoms with E-state index in [9.17, 15) is 19.2 Å². The topological polar surface area (TPSA) is 114 Å². The van der Waals surface area contributed by atoms with Crippen molar-refractivity contribution < 1.29 is 42.9 Å². The van der Waals surface area contributed by atoms with Crippen molar-refractivity contribution in [2.75, 3.05) is 19.8 Å². The summed E-state index contributed by atoms with van der Waals surface area (Å²) in [5.41, 5.74) is 0. The molecule has 2 aliphatic rings. The van der Waals surface area contributed by atoms with Gasteiger partial charge in [0, 0.05) is 0 Å². The molecule has 0 aromatic carbocycles. The van der Waals surface area contributed by atoms with Gasteiger partial charge in [-0.25, -0.2) is 14.4 Å². The van der Waals surface area contributed by atoms with Crippen LogP contribution in [0.2, 0.25) is 0 Å². The third-order valence-corrected chi connectivity index (χ3v) is 3.98. The molecule has 0 bridgehead atoms. The van der Waals surface area contributed by atoms with Gasteiger partial charge >= 0.3 is 17.9 Å². The third-order valence-electron chi connectivity index (χ3n) is 3.98. The van der Waals surface area contributed by atoms with Crippen molar-refractivity contribution in [2.24, 2.45) is 0 Å². The van der Waals surface area contributed by atoms with E-state index in [-0.39, 0.29) is 26.1 Å². The SMILES string of the molecule is CCCCCCOC(=O)C(=O)O[C@H]1COC2C1OC[C@H]2OC(=O)C=O. The van der Waals surface area contributed by atoms with Gasteiger partial charge in [0.25, 0.3) is 0 Å². The van der Waals surface area contributed by atoms with Gasteiger partial charge in [0.1, 0.15) is 12.2 Å². The molecule has 25 heavy (non-hydrogen) atoms. The predicted octanol–water partition coefficient (Wildman–Crippen LogP) is -0.0700. The number of fused-ring (bicyclic) bond motifs is 1. The number of rotatable bonds is 8. The maximum atomic E-state index is 11.8. The zero-order valence-corrected chi connectivity index (χ0v) is 14.0. The van der Waals surface area contributed by atoms with Crippen LogP contribution in [-0.2, 0) is 42.9 Å². The highest BCUT2D eigenvalue weighted by molar-refractivity contribution is 6.29. The molecule has 4 atom stereocenters. The standard InChI is InChI=1S/C16H22O9/c1-2-3-4-5-6-21-15(19)16(20)25-11-9-23-13-10(8-22-14(11)13)24-12(18)7-17/h7,10-11,13-14H,2-6,8-9H2,1H3/t10-,11+,13?,14?/m1/s1. The molecule has 0 N–H and O–H groups in total. The largest absolute Gasteiger partial charge is 0.457 e. The lowest BCUT2D eigenvalue weighted by atomic mass is 10.1. The summed E-state index contributed by atoms with van der Waals surface area (Å²) < 4.78 is 25.6. The number of hydrogen-bond acceptors (Lipinski definition) is 9. The van der Waals surface area contributed by atoms with E-state index < -0.39 is 42.3 Å². The molecular formula is C16H22O9. The second-order valence-electron chi connectivity index (χ2n) is 5.83. The Morgan fingerprint density at radius 1 is 0.960 bits per heavy atom. The Bertz CT molecular complexity index is 504. The van der Waals surface area contributed by atoms with Crippen LogP contribution in [0.3, 0.4) is 0 Å². The highest BCUT2D eigenvalue weighted by Gasteiger charge is 2.51. The van der Waals surface area contributed by atoms with E-state index in [0.717, 1.165) is 19.3 Å². The minimum atomic E-state index is -1.11. The van der Waals surface area contributed by atoms with Crippen LogP contribution in [0, 0.1) is 0 Å². The predicted molar refractivity (Wildman–Crippen MR) is 80.4 cm³/mol. The van der Waals surface area contributed by atoms with Crippen LogP contribution in [0.15, 0.2) is 0 Å². The summed E-state index contributed by atoms with van der Waals surface area (Å²) in [5.74, 6) is -3.19. The molecule has 0 aromatic heterocycles. The van der Waals surface area contributed by atoms with Gasteiger partial charge in [0.05, 0.1) is 19.8 Å². The maximum absolute atomic E-state index is 11.8. The number of carbonyl (C=O) groups is 4. The fourth-order valence-corrected chi connectivity index (χ4v) is 2.75. The highest BCUT2D eigenvalue weighted by Crippen LogP contribution is 2.30. The summed E-state index contributed by atoms with van der Waals surface area (Å²) >= 11 is 0. The van der Waals surface area contributed by atoms with Crippen molar-refractivity contribution >= 4 is 24.2 Å². The van der Waals surface area contributed by atoms with Crippen LogP contribution in [-0.4, -0.2) is 68.4 Å². The summed E-state index contributed by atoms with van der Waals surface area (Å²) in [5, 5.41) is 0. The average molecular weight is 358 g/mol. The van der Waals surface area contributed by atoms with E-state index in [4.69, 9.17) is 23.7 Å². The van der Waals surface area contributed by atoms with Crippen LogP contribution in [0.25, 0.3) is 0 Å². The minimum Gasteiger partial charge on any atom is -0.457 e. The number of esters is 3. The normalized spacial score (nSPS) is 27.4. The number of ether oxygens (including phenoxy) is 5. The maximum Gasteiger partial charge on any atom is 0.417 e. The van der Waals surface area contributed by atoms with E-state index in [2.05, 4.69) is 6.92 Å². The first-order valence-electron chi connectivity index (χ1n) is 8.33. The molecule has 9 nitrogen and oxygen atoms in total. The lowest BCUT2D eigenvalue weighted by Gasteiger charge is -2.16. The lowest BCUT2D eigenvalue weighted by molar-refractivity contribution is -0.173. The van der Waals surface area contributed by atoms with Crippen molar-refractivity contribution in [1.29, 1.82) is 0 Å². The van der Waals surface area contributed by atoms with E-state index in [1.165, 1.54) is 0 Å². The molecule has 0 radical (unpaired) electrons. The Labute approximate surface area is 144 Å². The van der Waals surface area contributed by atoms with Crippen LogP contribution in [0.4, 0.5) is 0 Å². The van der Waals surface area contributed by atoms with Gasteiger partial charge in [0.15, 0.2) is 12.2 Å². The number of carbonyl (C=O) groups excluding carboxylic acids is 4. The Morgan fingerprint density at radius 2 is 1.60 bits per heavy atom. The second-order valence-corrected chi connectivity index (χ2v) is 5.83. The van der Waals surface area contributed by atoms with Crippen LogP contribution < -0.4 is 0 Å². The first-order chi connectivity index (χ1) is 12.1. The fourth-order valence-electron chi connectivity index (χ4n) is 2.75. The van der Waals surface area contributed by atoms with Crippen molar-refractivity contribution in [2.45, 2.75) is 57.0 Å². The second kappa shape index (κ2) is 9.47. The molecular weight excluding hydrogens is 336 g/mol. The van der Waals surface area contributed by atoms with E-state index in [1.807, 2.05) is 0 Å². The van der Waals surface area contributed by atoms with Crippen molar-refractivity contribution in [3.8, 4) is 0 Å². The molecule has 0 saturated carbocycles. The molecule has 2 fully saturated rings. The number of aldehydes is 1. The fraction of sp³-hybridized carbons (Fsp3) is 0.750. The Balaban J connectivity index is 1.74. The summed E-state index contributed by atoms with van der Waals surface area (Å²) in [4.78, 5) is 44.8. The monoisotopic (exact) mass is 358 g/mol. The smallest absolute Gasteiger partial charge is 0.417 e. The first kappa shape index (κ1) is 19.3. The third kappa shape index (κ3) is 5.23. The molecule has 0 aromatic rings. The molecule has 0 spiro atoms.